The van der Waals surface area contributed by atoms with Gasteiger partial charge in [0.25, 0.3) is 0 Å². The molecule has 0 saturated carbocycles. The molecule has 0 atom stereocenters. The van der Waals surface area contributed by atoms with E-state index in [1.54, 1.807) is 39.4 Å². The number of carbonyl (C=O) groups is 1. The lowest BCUT2D eigenvalue weighted by Crippen LogP contribution is -2.36. The van der Waals surface area contributed by atoms with Crippen LogP contribution in [0.15, 0.2) is 24.7 Å². The number of hydrogen-bond acceptors (Lipinski definition) is 8. The summed E-state index contributed by atoms with van der Waals surface area (Å²) in [6.45, 7) is 8.30. The second-order valence-corrected chi connectivity index (χ2v) is 7.15. The highest BCUT2D eigenvalue weighted by molar-refractivity contribution is 5.83. The molecular formula is C18H24N6O3. The van der Waals surface area contributed by atoms with Gasteiger partial charge in [-0.3, -0.25) is 5.32 Å². The van der Waals surface area contributed by atoms with Gasteiger partial charge in [-0.15, -0.1) is 0 Å². The molecule has 1 aliphatic rings. The fourth-order valence-corrected chi connectivity index (χ4v) is 2.59. The molecule has 3 N–H and O–H groups in total. The van der Waals surface area contributed by atoms with Gasteiger partial charge in [0.2, 0.25) is 5.95 Å². The number of pyridine rings is 1. The zero-order valence-corrected chi connectivity index (χ0v) is 15.7. The van der Waals surface area contributed by atoms with Gasteiger partial charge in [0.15, 0.2) is 0 Å². The summed E-state index contributed by atoms with van der Waals surface area (Å²) in [5.74, 6) is 0.980. The van der Waals surface area contributed by atoms with Crippen molar-refractivity contribution in [1.29, 1.82) is 0 Å². The Hall–Kier alpha value is -2.94. The van der Waals surface area contributed by atoms with Crippen molar-refractivity contribution < 1.29 is 14.3 Å². The number of nitrogens with two attached hydrogens (primary N) is 1. The van der Waals surface area contributed by atoms with Crippen LogP contribution in [0.4, 0.5) is 22.2 Å². The molecule has 0 bridgehead atoms. The first-order chi connectivity index (χ1) is 12.8. The summed E-state index contributed by atoms with van der Waals surface area (Å²) in [5, 5.41) is 2.50. The van der Waals surface area contributed by atoms with Crippen LogP contribution >= 0.6 is 0 Å². The molecule has 3 rings (SSSR count). The van der Waals surface area contributed by atoms with Gasteiger partial charge in [-0.2, -0.15) is 0 Å². The molecule has 9 heteroatoms. The number of anilines is 3. The van der Waals surface area contributed by atoms with Crippen molar-refractivity contribution in [2.24, 2.45) is 0 Å². The van der Waals surface area contributed by atoms with Crippen molar-refractivity contribution in [3.63, 3.8) is 0 Å². The maximum Gasteiger partial charge on any atom is 0.414 e. The van der Waals surface area contributed by atoms with Crippen LogP contribution in [0, 0.1) is 0 Å². The number of hydrogen-bond donors (Lipinski definition) is 2. The summed E-state index contributed by atoms with van der Waals surface area (Å²) in [5.41, 5.74) is 7.64. The molecule has 1 saturated heterocycles. The lowest BCUT2D eigenvalue weighted by molar-refractivity contribution is 0.0634. The van der Waals surface area contributed by atoms with E-state index in [0.717, 1.165) is 24.5 Å². The van der Waals surface area contributed by atoms with Crippen molar-refractivity contribution in [2.45, 2.75) is 26.4 Å². The number of morpholine rings is 1. The molecule has 144 valence electrons. The third-order valence-electron chi connectivity index (χ3n) is 3.83. The highest BCUT2D eigenvalue weighted by Crippen LogP contribution is 2.27. The molecule has 1 aliphatic heterocycles. The number of amides is 1. The van der Waals surface area contributed by atoms with Crippen LogP contribution < -0.4 is 16.0 Å². The predicted octanol–water partition coefficient (Wildman–Crippen LogP) is 2.30. The summed E-state index contributed by atoms with van der Waals surface area (Å²) in [7, 11) is 0. The largest absolute Gasteiger partial charge is 0.444 e. The van der Waals surface area contributed by atoms with E-state index in [4.69, 9.17) is 15.2 Å². The first-order valence-electron chi connectivity index (χ1n) is 8.72. The van der Waals surface area contributed by atoms with Crippen LogP contribution in [0.1, 0.15) is 20.8 Å². The van der Waals surface area contributed by atoms with Crippen molar-refractivity contribution in [2.75, 3.05) is 42.3 Å². The highest BCUT2D eigenvalue weighted by atomic mass is 16.6. The van der Waals surface area contributed by atoms with Gasteiger partial charge in [0.1, 0.15) is 11.4 Å². The molecule has 0 radical (unpaired) electrons. The minimum atomic E-state index is -0.605. The van der Waals surface area contributed by atoms with Crippen molar-refractivity contribution in [1.82, 2.24) is 15.0 Å². The second-order valence-electron chi connectivity index (χ2n) is 7.15. The van der Waals surface area contributed by atoms with Crippen LogP contribution in [-0.4, -0.2) is 52.9 Å². The maximum atomic E-state index is 11.8. The summed E-state index contributed by atoms with van der Waals surface area (Å²) >= 11 is 0. The first-order valence-corrected chi connectivity index (χ1v) is 8.72. The number of nitrogen functional groups attached to an aromatic ring is 1. The van der Waals surface area contributed by atoms with Gasteiger partial charge in [-0.05, 0) is 20.8 Å². The lowest BCUT2D eigenvalue weighted by atomic mass is 10.1. The first kappa shape index (κ1) is 18.8. The zero-order chi connectivity index (χ0) is 19.4. The van der Waals surface area contributed by atoms with E-state index in [-0.39, 0.29) is 5.95 Å². The molecule has 1 fully saturated rings. The molecule has 0 spiro atoms. The zero-order valence-electron chi connectivity index (χ0n) is 15.7. The van der Waals surface area contributed by atoms with Gasteiger partial charge in [-0.1, -0.05) is 0 Å². The van der Waals surface area contributed by atoms with Crippen molar-refractivity contribution >= 4 is 23.5 Å². The van der Waals surface area contributed by atoms with E-state index in [2.05, 4.69) is 25.2 Å². The Bertz CT molecular complexity index is 798. The van der Waals surface area contributed by atoms with E-state index >= 15 is 0 Å². The van der Waals surface area contributed by atoms with Gasteiger partial charge < -0.3 is 20.1 Å². The van der Waals surface area contributed by atoms with Crippen molar-refractivity contribution in [3.05, 3.63) is 24.7 Å². The average molecular weight is 372 g/mol. The van der Waals surface area contributed by atoms with Crippen LogP contribution in [-0.2, 0) is 9.47 Å². The molecule has 9 nitrogen and oxygen atoms in total. The maximum absolute atomic E-state index is 11.8. The van der Waals surface area contributed by atoms with Crippen molar-refractivity contribution in [3.8, 4) is 11.1 Å². The van der Waals surface area contributed by atoms with Gasteiger partial charge >= 0.3 is 6.09 Å². The van der Waals surface area contributed by atoms with Crippen LogP contribution in [0.5, 0.6) is 0 Å². The quantitative estimate of drug-likeness (QED) is 0.843. The summed E-state index contributed by atoms with van der Waals surface area (Å²) < 4.78 is 10.5. The molecule has 1 amide bonds. The number of nitrogens with zero attached hydrogens (tertiary/aromatic N) is 4. The number of ether oxygens (including phenoxy) is 2. The SMILES string of the molecule is CC(C)(C)OC(=O)Nc1ncc(-c2cnc(N3CCOCC3)cc2N)cn1. The Morgan fingerprint density at radius 2 is 1.85 bits per heavy atom. The smallest absolute Gasteiger partial charge is 0.414 e. The molecule has 0 unspecified atom stereocenters. The van der Waals surface area contributed by atoms with E-state index < -0.39 is 11.7 Å². The highest BCUT2D eigenvalue weighted by Gasteiger charge is 2.17. The Balaban J connectivity index is 1.70. The van der Waals surface area contributed by atoms with Gasteiger partial charge in [0.05, 0.1) is 13.2 Å². The van der Waals surface area contributed by atoms with E-state index in [9.17, 15) is 4.79 Å². The Morgan fingerprint density at radius 3 is 2.44 bits per heavy atom. The number of carbonyl (C=O) groups excluding carboxylic acids is 1. The third kappa shape index (κ3) is 5.04. The minimum Gasteiger partial charge on any atom is -0.444 e. The van der Waals surface area contributed by atoms with E-state index in [0.29, 0.717) is 24.5 Å². The molecule has 2 aromatic heterocycles. The Morgan fingerprint density at radius 1 is 1.19 bits per heavy atom. The number of aromatic nitrogens is 3. The van der Waals surface area contributed by atoms with E-state index in [1.807, 2.05) is 6.07 Å². The van der Waals surface area contributed by atoms with Crippen LogP contribution in [0.25, 0.3) is 11.1 Å². The Kier molecular flexibility index (Phi) is 5.41. The van der Waals surface area contributed by atoms with Gasteiger partial charge in [0, 0.05) is 54.6 Å². The van der Waals surface area contributed by atoms with Gasteiger partial charge in [-0.25, -0.2) is 19.7 Å². The van der Waals surface area contributed by atoms with Crippen LogP contribution in [0.2, 0.25) is 0 Å². The second kappa shape index (κ2) is 7.75. The molecule has 27 heavy (non-hydrogen) atoms. The monoisotopic (exact) mass is 372 g/mol. The van der Waals surface area contributed by atoms with Crippen LogP contribution in [0.3, 0.4) is 0 Å². The Labute approximate surface area is 157 Å². The minimum absolute atomic E-state index is 0.157. The molecule has 3 heterocycles. The normalized spacial score (nSPS) is 14.7. The fraction of sp³-hybridized carbons (Fsp3) is 0.444. The number of rotatable bonds is 3. The lowest BCUT2D eigenvalue weighted by Gasteiger charge is -2.28. The summed E-state index contributed by atoms with van der Waals surface area (Å²) in [6.07, 6.45) is 4.27. The molecule has 0 aromatic carbocycles. The predicted molar refractivity (Wildman–Crippen MR) is 103 cm³/mol. The summed E-state index contributed by atoms with van der Waals surface area (Å²) in [4.78, 5) is 26.7. The molecule has 0 aliphatic carbocycles. The standard InChI is InChI=1S/C18H24N6O3/c1-18(2,3)27-17(25)23-16-21-9-12(10-22-16)13-11-20-15(8-14(13)19)24-4-6-26-7-5-24/h8-11H,4-7H2,1-3H3,(H2,19,20)(H,21,22,23,25). The molecule has 2 aromatic rings. The fourth-order valence-electron chi connectivity index (χ4n) is 2.59. The number of nitrogens with one attached hydrogen (secondary N) is 1. The summed E-state index contributed by atoms with van der Waals surface area (Å²) in [6, 6.07) is 1.84. The average Bonchev–Trinajstić information content (AvgIpc) is 2.61. The molecular weight excluding hydrogens is 348 g/mol. The van der Waals surface area contributed by atoms with E-state index in [1.165, 1.54) is 0 Å². The third-order valence-corrected chi connectivity index (χ3v) is 3.83. The topological polar surface area (TPSA) is 115 Å².